The van der Waals surface area contributed by atoms with E-state index in [-0.39, 0.29) is 17.0 Å². The molecule has 0 N–H and O–H groups in total. The van der Waals surface area contributed by atoms with Crippen molar-refractivity contribution in [1.82, 2.24) is 0 Å². The van der Waals surface area contributed by atoms with Gasteiger partial charge in [0.15, 0.2) is 0 Å². The normalized spacial score (nSPS) is 17.2. The third-order valence-electron chi connectivity index (χ3n) is 3.66. The van der Waals surface area contributed by atoms with E-state index in [0.717, 1.165) is 5.56 Å². The van der Waals surface area contributed by atoms with Gasteiger partial charge in [-0.2, -0.15) is 0 Å². The largest absolute Gasteiger partial charge is 0.495 e. The van der Waals surface area contributed by atoms with Crippen molar-refractivity contribution < 1.29 is 14.5 Å². The standard InChI is InChI=1S/C16H13ClN2O4S/c1-23-14-7-4-11(17)8-13(14)18-15(20)9-24-16(18)10-2-5-12(6-3-10)19(21)22/h2-8,16H,9H2,1H3/t16-/m1/s1. The van der Waals surface area contributed by atoms with Crippen molar-refractivity contribution in [3.05, 3.63) is 63.2 Å². The molecule has 0 bridgehead atoms. The zero-order valence-electron chi connectivity index (χ0n) is 12.6. The van der Waals surface area contributed by atoms with Crippen LogP contribution in [0.15, 0.2) is 42.5 Å². The topological polar surface area (TPSA) is 72.7 Å². The molecule has 1 aliphatic rings. The van der Waals surface area contributed by atoms with Crippen molar-refractivity contribution >= 4 is 40.6 Å². The first kappa shape index (κ1) is 16.6. The number of amides is 1. The third-order valence-corrected chi connectivity index (χ3v) is 5.10. The van der Waals surface area contributed by atoms with Gasteiger partial charge in [-0.05, 0) is 35.9 Å². The van der Waals surface area contributed by atoms with Crippen molar-refractivity contribution in [3.63, 3.8) is 0 Å². The molecule has 6 nitrogen and oxygen atoms in total. The van der Waals surface area contributed by atoms with Crippen LogP contribution in [0.25, 0.3) is 0 Å². The molecule has 124 valence electrons. The van der Waals surface area contributed by atoms with Gasteiger partial charge in [0.2, 0.25) is 5.91 Å². The number of carbonyl (C=O) groups excluding carboxylic acids is 1. The number of thioether (sulfide) groups is 1. The Bertz CT molecular complexity index is 797. The Hall–Kier alpha value is -2.25. The molecule has 2 aromatic carbocycles. The van der Waals surface area contributed by atoms with Gasteiger partial charge in [-0.3, -0.25) is 19.8 Å². The Balaban J connectivity index is 2.01. The summed E-state index contributed by atoms with van der Waals surface area (Å²) in [4.78, 5) is 24.4. The van der Waals surface area contributed by atoms with Gasteiger partial charge in [0, 0.05) is 17.2 Å². The van der Waals surface area contributed by atoms with Crippen LogP contribution in [0.5, 0.6) is 5.75 Å². The van der Waals surface area contributed by atoms with E-state index in [0.29, 0.717) is 22.2 Å². The first-order chi connectivity index (χ1) is 11.5. The SMILES string of the molecule is COc1ccc(Cl)cc1N1C(=O)CS[C@@H]1c1ccc([N+](=O)[O-])cc1. The summed E-state index contributed by atoms with van der Waals surface area (Å²) in [6, 6.07) is 11.3. The highest BCUT2D eigenvalue weighted by molar-refractivity contribution is 8.00. The summed E-state index contributed by atoms with van der Waals surface area (Å²) >= 11 is 7.53. The summed E-state index contributed by atoms with van der Waals surface area (Å²) in [6.07, 6.45) is 0. The van der Waals surface area contributed by atoms with E-state index in [1.54, 1.807) is 35.2 Å². The van der Waals surface area contributed by atoms with Gasteiger partial charge < -0.3 is 4.74 Å². The lowest BCUT2D eigenvalue weighted by atomic mass is 10.1. The lowest BCUT2D eigenvalue weighted by Crippen LogP contribution is -2.28. The molecule has 0 aromatic heterocycles. The molecule has 1 atom stereocenters. The monoisotopic (exact) mass is 364 g/mol. The van der Waals surface area contributed by atoms with Crippen LogP contribution in [0.3, 0.4) is 0 Å². The molecule has 1 fully saturated rings. The smallest absolute Gasteiger partial charge is 0.269 e. The Morgan fingerprint density at radius 1 is 1.29 bits per heavy atom. The molecule has 1 saturated heterocycles. The first-order valence-corrected chi connectivity index (χ1v) is 8.45. The van der Waals surface area contributed by atoms with Crippen LogP contribution in [-0.2, 0) is 4.79 Å². The van der Waals surface area contributed by atoms with Crippen molar-refractivity contribution in [2.45, 2.75) is 5.37 Å². The second-order valence-corrected chi connectivity index (χ2v) is 6.60. The molecule has 0 aliphatic carbocycles. The maximum absolute atomic E-state index is 12.4. The highest BCUT2D eigenvalue weighted by Crippen LogP contribution is 2.45. The van der Waals surface area contributed by atoms with Gasteiger partial charge >= 0.3 is 0 Å². The molecule has 0 radical (unpaired) electrons. The predicted octanol–water partition coefficient (Wildman–Crippen LogP) is 4.04. The summed E-state index contributed by atoms with van der Waals surface area (Å²) in [7, 11) is 1.53. The summed E-state index contributed by atoms with van der Waals surface area (Å²) in [5, 5.41) is 11.0. The lowest BCUT2D eigenvalue weighted by Gasteiger charge is -2.26. The van der Waals surface area contributed by atoms with Crippen molar-refractivity contribution in [3.8, 4) is 5.75 Å². The van der Waals surface area contributed by atoms with E-state index in [2.05, 4.69) is 0 Å². The molecular weight excluding hydrogens is 352 g/mol. The summed E-state index contributed by atoms with van der Waals surface area (Å²) in [5.74, 6) is 0.795. The molecule has 0 unspecified atom stereocenters. The van der Waals surface area contributed by atoms with Gasteiger partial charge in [0.25, 0.3) is 5.69 Å². The van der Waals surface area contributed by atoms with Crippen LogP contribution >= 0.6 is 23.4 Å². The minimum Gasteiger partial charge on any atom is -0.495 e. The predicted molar refractivity (Wildman–Crippen MR) is 93.8 cm³/mol. The number of rotatable bonds is 4. The minimum atomic E-state index is -0.450. The highest BCUT2D eigenvalue weighted by Gasteiger charge is 2.35. The van der Waals surface area contributed by atoms with Gasteiger partial charge in [-0.25, -0.2) is 0 Å². The number of benzene rings is 2. The molecule has 24 heavy (non-hydrogen) atoms. The fraction of sp³-hybridized carbons (Fsp3) is 0.188. The molecule has 3 rings (SSSR count). The van der Waals surface area contributed by atoms with Crippen molar-refractivity contribution in [2.75, 3.05) is 17.8 Å². The zero-order chi connectivity index (χ0) is 17.3. The maximum Gasteiger partial charge on any atom is 0.269 e. The fourth-order valence-electron chi connectivity index (χ4n) is 2.54. The van der Waals surface area contributed by atoms with Crippen LogP contribution in [0.1, 0.15) is 10.9 Å². The molecular formula is C16H13ClN2O4S. The van der Waals surface area contributed by atoms with E-state index < -0.39 is 4.92 Å². The van der Waals surface area contributed by atoms with Gasteiger partial charge in [0.05, 0.1) is 23.5 Å². The Labute approximate surface area is 147 Å². The number of ether oxygens (including phenoxy) is 1. The molecule has 8 heteroatoms. The number of nitro groups is 1. The number of anilines is 1. The molecule has 1 aliphatic heterocycles. The van der Waals surface area contributed by atoms with Gasteiger partial charge in [-0.15, -0.1) is 11.8 Å². The number of halogens is 1. The van der Waals surface area contributed by atoms with Crippen molar-refractivity contribution in [2.24, 2.45) is 0 Å². The number of nitrogens with zero attached hydrogens (tertiary/aromatic N) is 2. The fourth-order valence-corrected chi connectivity index (χ4v) is 3.88. The Morgan fingerprint density at radius 3 is 2.62 bits per heavy atom. The summed E-state index contributed by atoms with van der Waals surface area (Å²) in [5.41, 5.74) is 1.40. The number of carbonyl (C=O) groups is 1. The van der Waals surface area contributed by atoms with E-state index in [1.165, 1.54) is 31.0 Å². The number of nitro benzene ring substituents is 1. The number of non-ortho nitro benzene ring substituents is 1. The lowest BCUT2D eigenvalue weighted by molar-refractivity contribution is -0.384. The average Bonchev–Trinajstić information content (AvgIpc) is 2.96. The van der Waals surface area contributed by atoms with E-state index in [9.17, 15) is 14.9 Å². The van der Waals surface area contributed by atoms with E-state index in [1.807, 2.05) is 0 Å². The summed E-state index contributed by atoms with van der Waals surface area (Å²) < 4.78 is 5.34. The van der Waals surface area contributed by atoms with Gasteiger partial charge in [0.1, 0.15) is 11.1 Å². The summed E-state index contributed by atoms with van der Waals surface area (Å²) in [6.45, 7) is 0. The van der Waals surface area contributed by atoms with Crippen LogP contribution in [0, 0.1) is 10.1 Å². The van der Waals surface area contributed by atoms with Gasteiger partial charge in [-0.1, -0.05) is 11.6 Å². The van der Waals surface area contributed by atoms with Crippen LogP contribution in [-0.4, -0.2) is 23.7 Å². The molecule has 2 aromatic rings. The van der Waals surface area contributed by atoms with E-state index in [4.69, 9.17) is 16.3 Å². The third kappa shape index (κ3) is 3.05. The first-order valence-electron chi connectivity index (χ1n) is 7.03. The number of hydrogen-bond acceptors (Lipinski definition) is 5. The quantitative estimate of drug-likeness (QED) is 0.604. The van der Waals surface area contributed by atoms with E-state index >= 15 is 0 Å². The minimum absolute atomic E-state index is 0.0139. The average molecular weight is 365 g/mol. The second-order valence-electron chi connectivity index (χ2n) is 5.09. The number of hydrogen-bond donors (Lipinski definition) is 0. The Morgan fingerprint density at radius 2 is 2.00 bits per heavy atom. The van der Waals surface area contributed by atoms with Crippen LogP contribution in [0.4, 0.5) is 11.4 Å². The molecule has 0 spiro atoms. The zero-order valence-corrected chi connectivity index (χ0v) is 14.2. The van der Waals surface area contributed by atoms with Crippen LogP contribution < -0.4 is 9.64 Å². The maximum atomic E-state index is 12.4. The molecule has 1 amide bonds. The highest BCUT2D eigenvalue weighted by atomic mass is 35.5. The molecule has 1 heterocycles. The second kappa shape index (κ2) is 6.70. The van der Waals surface area contributed by atoms with Crippen molar-refractivity contribution in [1.29, 1.82) is 0 Å². The Kier molecular flexibility index (Phi) is 4.64. The van der Waals surface area contributed by atoms with Crippen LogP contribution in [0.2, 0.25) is 5.02 Å². The molecule has 0 saturated carbocycles. The number of methoxy groups -OCH3 is 1.